The third-order valence-electron chi connectivity index (χ3n) is 3.27. The molecule has 0 saturated heterocycles. The van der Waals surface area contributed by atoms with Crippen LogP contribution in [0.3, 0.4) is 0 Å². The predicted octanol–water partition coefficient (Wildman–Crippen LogP) is 4.44. The topological polar surface area (TPSA) is 29.1 Å². The summed E-state index contributed by atoms with van der Waals surface area (Å²) in [5.74, 6) is 0.0985. The fourth-order valence-corrected chi connectivity index (χ4v) is 3.16. The van der Waals surface area contributed by atoms with Crippen LogP contribution in [0.4, 0.5) is 0 Å². The Balaban J connectivity index is 1.83. The molecule has 2 nitrogen and oxygen atoms in total. The third kappa shape index (κ3) is 5.64. The molecule has 1 amide bonds. The summed E-state index contributed by atoms with van der Waals surface area (Å²) in [5.41, 5.74) is 1.33. The van der Waals surface area contributed by atoms with Crippen molar-refractivity contribution in [2.45, 2.75) is 26.7 Å². The quantitative estimate of drug-likeness (QED) is 0.805. The zero-order valence-corrected chi connectivity index (χ0v) is 14.8. The lowest BCUT2D eigenvalue weighted by Crippen LogP contribution is -2.36. The van der Waals surface area contributed by atoms with Crippen LogP contribution in [0.5, 0.6) is 0 Å². The molecule has 0 radical (unpaired) electrons. The Morgan fingerprint density at radius 1 is 1.24 bits per heavy atom. The molecule has 0 unspecified atom stereocenters. The van der Waals surface area contributed by atoms with Crippen molar-refractivity contribution < 1.29 is 4.79 Å². The zero-order valence-electron chi connectivity index (χ0n) is 12.4. The highest BCUT2D eigenvalue weighted by atomic mass is 79.9. The molecule has 0 aliphatic carbocycles. The highest BCUT2D eigenvalue weighted by molar-refractivity contribution is 9.10. The highest BCUT2D eigenvalue weighted by Gasteiger charge is 2.19. The van der Waals surface area contributed by atoms with Crippen molar-refractivity contribution in [1.29, 1.82) is 0 Å². The summed E-state index contributed by atoms with van der Waals surface area (Å²) in [6, 6.07) is 12.3. The maximum Gasteiger partial charge on any atom is 0.225 e. The van der Waals surface area contributed by atoms with Gasteiger partial charge in [-0.15, -0.1) is 11.3 Å². The highest BCUT2D eigenvalue weighted by Crippen LogP contribution is 2.22. The minimum atomic E-state index is 0.0406. The van der Waals surface area contributed by atoms with E-state index in [0.717, 1.165) is 15.8 Å². The van der Waals surface area contributed by atoms with Crippen LogP contribution in [0.1, 0.15) is 24.3 Å². The first kappa shape index (κ1) is 16.2. The average molecular weight is 366 g/mol. The van der Waals surface area contributed by atoms with Gasteiger partial charge < -0.3 is 5.32 Å². The Labute approximate surface area is 138 Å². The molecule has 1 N–H and O–H groups in total. The fraction of sp³-hybridized carbons (Fsp3) is 0.353. The van der Waals surface area contributed by atoms with Gasteiger partial charge in [-0.05, 0) is 41.0 Å². The summed E-state index contributed by atoms with van der Waals surface area (Å²) in [7, 11) is 0. The van der Waals surface area contributed by atoms with E-state index in [2.05, 4.69) is 59.4 Å². The van der Waals surface area contributed by atoms with E-state index >= 15 is 0 Å². The van der Waals surface area contributed by atoms with Crippen molar-refractivity contribution >= 4 is 33.2 Å². The Morgan fingerprint density at radius 2 is 1.95 bits per heavy atom. The minimum absolute atomic E-state index is 0.0406. The van der Waals surface area contributed by atoms with Gasteiger partial charge in [-0.2, -0.15) is 0 Å². The molecule has 2 aromatic rings. The predicted molar refractivity (Wildman–Crippen MR) is 92.7 cm³/mol. The molecule has 1 aromatic carbocycles. The molecule has 2 rings (SSSR count). The third-order valence-corrected chi connectivity index (χ3v) is 4.68. The van der Waals surface area contributed by atoms with Crippen LogP contribution in [-0.4, -0.2) is 12.5 Å². The molecule has 0 fully saturated rings. The van der Waals surface area contributed by atoms with Crippen molar-refractivity contribution in [1.82, 2.24) is 5.32 Å². The Morgan fingerprint density at radius 3 is 2.57 bits per heavy atom. The van der Waals surface area contributed by atoms with Gasteiger partial charge >= 0.3 is 0 Å². The van der Waals surface area contributed by atoms with Crippen molar-refractivity contribution in [3.8, 4) is 0 Å². The van der Waals surface area contributed by atoms with Crippen molar-refractivity contribution in [3.63, 3.8) is 0 Å². The molecule has 0 spiro atoms. The largest absolute Gasteiger partial charge is 0.355 e. The lowest BCUT2D eigenvalue weighted by atomic mass is 9.85. The first-order chi connectivity index (χ1) is 9.94. The van der Waals surface area contributed by atoms with Crippen molar-refractivity contribution in [2.75, 3.05) is 6.54 Å². The summed E-state index contributed by atoms with van der Waals surface area (Å²) in [4.78, 5) is 13.1. The van der Waals surface area contributed by atoms with Crippen LogP contribution in [0, 0.1) is 5.41 Å². The second kappa shape index (κ2) is 7.23. The van der Waals surface area contributed by atoms with E-state index in [9.17, 15) is 4.79 Å². The molecule has 1 aromatic heterocycles. The number of rotatable bonds is 6. The van der Waals surface area contributed by atoms with Crippen LogP contribution in [0.15, 0.2) is 46.3 Å². The summed E-state index contributed by atoms with van der Waals surface area (Å²) >= 11 is 5.07. The SMILES string of the molecule is CC(C)(CNC(=O)Cc1cccs1)Cc1ccc(Br)cc1. The molecule has 1 heterocycles. The number of benzene rings is 1. The second-order valence-electron chi connectivity index (χ2n) is 6.00. The number of hydrogen-bond acceptors (Lipinski definition) is 2. The van der Waals surface area contributed by atoms with Gasteiger partial charge in [0, 0.05) is 15.9 Å². The van der Waals surface area contributed by atoms with Gasteiger partial charge in [-0.3, -0.25) is 4.79 Å². The van der Waals surface area contributed by atoms with E-state index in [1.807, 2.05) is 17.5 Å². The van der Waals surface area contributed by atoms with E-state index in [0.29, 0.717) is 13.0 Å². The molecule has 112 valence electrons. The first-order valence-electron chi connectivity index (χ1n) is 6.98. The van der Waals surface area contributed by atoms with Crippen LogP contribution in [-0.2, 0) is 17.6 Å². The standard InChI is InChI=1S/C17H20BrNOS/c1-17(2,11-13-5-7-14(18)8-6-13)12-19-16(20)10-15-4-3-9-21-15/h3-9H,10-12H2,1-2H3,(H,19,20). The minimum Gasteiger partial charge on any atom is -0.355 e. The molecule has 0 aliphatic rings. The molecule has 0 saturated carbocycles. The smallest absolute Gasteiger partial charge is 0.225 e. The van der Waals surface area contributed by atoms with E-state index in [-0.39, 0.29) is 11.3 Å². The lowest BCUT2D eigenvalue weighted by molar-refractivity contribution is -0.120. The fourth-order valence-electron chi connectivity index (χ4n) is 2.19. The molecule has 4 heteroatoms. The number of thiophene rings is 1. The van der Waals surface area contributed by atoms with E-state index in [1.54, 1.807) is 11.3 Å². The molecule has 0 aliphatic heterocycles. The number of hydrogen-bond donors (Lipinski definition) is 1. The maximum absolute atomic E-state index is 11.9. The van der Waals surface area contributed by atoms with E-state index in [1.165, 1.54) is 5.56 Å². The molecular weight excluding hydrogens is 346 g/mol. The molecule has 0 bridgehead atoms. The van der Waals surface area contributed by atoms with Crippen molar-refractivity contribution in [3.05, 3.63) is 56.7 Å². The number of carbonyl (C=O) groups is 1. The average Bonchev–Trinajstić information content (AvgIpc) is 2.92. The lowest BCUT2D eigenvalue weighted by Gasteiger charge is -2.25. The van der Waals surface area contributed by atoms with Crippen LogP contribution in [0.2, 0.25) is 0 Å². The molecule has 0 atom stereocenters. The van der Waals surface area contributed by atoms with Gasteiger partial charge in [-0.1, -0.05) is 48.0 Å². The summed E-state index contributed by atoms with van der Waals surface area (Å²) < 4.78 is 1.09. The van der Waals surface area contributed by atoms with Gasteiger partial charge in [-0.25, -0.2) is 0 Å². The number of carbonyl (C=O) groups excluding carboxylic acids is 1. The van der Waals surface area contributed by atoms with Gasteiger partial charge in [0.1, 0.15) is 0 Å². The first-order valence-corrected chi connectivity index (χ1v) is 8.65. The van der Waals surface area contributed by atoms with Crippen LogP contribution >= 0.6 is 27.3 Å². The molecular formula is C17H20BrNOS. The summed E-state index contributed by atoms with van der Waals surface area (Å²) in [5, 5.41) is 5.05. The summed E-state index contributed by atoms with van der Waals surface area (Å²) in [6.07, 6.45) is 1.42. The van der Waals surface area contributed by atoms with Crippen LogP contribution < -0.4 is 5.32 Å². The van der Waals surface area contributed by atoms with Gasteiger partial charge in [0.25, 0.3) is 0 Å². The number of halogens is 1. The Hall–Kier alpha value is -1.13. The van der Waals surface area contributed by atoms with Crippen molar-refractivity contribution in [2.24, 2.45) is 5.41 Å². The van der Waals surface area contributed by atoms with E-state index in [4.69, 9.17) is 0 Å². The van der Waals surface area contributed by atoms with Crippen LogP contribution in [0.25, 0.3) is 0 Å². The maximum atomic E-state index is 11.9. The number of nitrogens with one attached hydrogen (secondary N) is 1. The van der Waals surface area contributed by atoms with Gasteiger partial charge in [0.2, 0.25) is 5.91 Å². The Kier molecular flexibility index (Phi) is 5.59. The van der Waals surface area contributed by atoms with Gasteiger partial charge in [0.15, 0.2) is 0 Å². The zero-order chi connectivity index (χ0) is 15.3. The monoisotopic (exact) mass is 365 g/mol. The summed E-state index contributed by atoms with van der Waals surface area (Å²) in [6.45, 7) is 5.05. The molecule has 21 heavy (non-hydrogen) atoms. The van der Waals surface area contributed by atoms with Gasteiger partial charge in [0.05, 0.1) is 6.42 Å². The Bertz CT molecular complexity index is 575. The normalized spacial score (nSPS) is 11.4. The number of amides is 1. The second-order valence-corrected chi connectivity index (χ2v) is 7.95. The van der Waals surface area contributed by atoms with E-state index < -0.39 is 0 Å².